The van der Waals surface area contributed by atoms with Crippen molar-refractivity contribution in [3.05, 3.63) is 40.5 Å². The second-order valence-corrected chi connectivity index (χ2v) is 4.87. The van der Waals surface area contributed by atoms with Crippen LogP contribution in [0.5, 0.6) is 0 Å². The Morgan fingerprint density at radius 1 is 1.26 bits per heavy atom. The van der Waals surface area contributed by atoms with Gasteiger partial charge in [-0.1, -0.05) is 0 Å². The molecule has 0 aliphatic rings. The number of aliphatic carboxylic acids is 1. The molecule has 1 heterocycles. The van der Waals surface area contributed by atoms with Crippen LogP contribution in [0.25, 0.3) is 11.1 Å². The number of rotatable bonds is 4. The van der Waals surface area contributed by atoms with Gasteiger partial charge >= 0.3 is 11.7 Å². The molecule has 1 N–H and O–H groups in total. The number of Topliss-reactive ketones (excluding diaryl/α,β-unsaturated/α-hetero) is 1. The predicted molar refractivity (Wildman–Crippen MR) is 81.0 cm³/mol. The number of carboxylic acids is 1. The monoisotopic (exact) mass is 318 g/mol. The molecule has 0 unspecified atom stereocenters. The minimum absolute atomic E-state index is 0.245. The minimum atomic E-state index is -1.43. The maximum atomic E-state index is 11.8. The van der Waals surface area contributed by atoms with Gasteiger partial charge in [0.1, 0.15) is 5.57 Å². The molecule has 0 saturated heterocycles. The summed E-state index contributed by atoms with van der Waals surface area (Å²) in [5.41, 5.74) is 0.514. The number of aryl methyl sites for hydroxylation is 1. The number of fused-ring (bicyclic) bond motifs is 1. The van der Waals surface area contributed by atoms with Crippen molar-refractivity contribution in [3.63, 3.8) is 0 Å². The third-order valence-electron chi connectivity index (χ3n) is 3.26. The normalized spacial score (nSPS) is 11.5. The first-order valence-electron chi connectivity index (χ1n) is 6.57. The molecule has 2 aromatic rings. The summed E-state index contributed by atoms with van der Waals surface area (Å²) >= 11 is 0. The number of nitrogens with zero attached hydrogens (tertiary/aromatic N) is 2. The fraction of sp³-hybridized carbons (Fsp3) is 0.200. The Morgan fingerprint density at radius 2 is 1.91 bits per heavy atom. The SMILES string of the molecule is CC(=O)/C(=C\N(C(C)=O)c1ccc2c(c1)oc(=O)n2C)C(=O)O. The van der Waals surface area contributed by atoms with E-state index in [1.54, 1.807) is 6.07 Å². The number of oxazole rings is 1. The molecule has 23 heavy (non-hydrogen) atoms. The van der Waals surface area contributed by atoms with E-state index >= 15 is 0 Å². The van der Waals surface area contributed by atoms with E-state index in [4.69, 9.17) is 9.52 Å². The van der Waals surface area contributed by atoms with Gasteiger partial charge in [-0.3, -0.25) is 19.1 Å². The lowest BCUT2D eigenvalue weighted by Gasteiger charge is -2.17. The molecule has 2 rings (SSSR count). The second-order valence-electron chi connectivity index (χ2n) is 4.87. The standard InChI is InChI=1S/C15H14N2O6/c1-8(18)11(14(20)21)7-17(9(2)19)10-4-5-12-13(6-10)23-15(22)16(12)3/h4-7H,1-3H3,(H,20,21)/b11-7+. The Morgan fingerprint density at radius 3 is 2.43 bits per heavy atom. The number of carbonyl (C=O) groups excluding carboxylic acids is 2. The maximum absolute atomic E-state index is 11.8. The zero-order valence-corrected chi connectivity index (χ0v) is 12.7. The van der Waals surface area contributed by atoms with Gasteiger partial charge in [0.2, 0.25) is 5.91 Å². The average molecular weight is 318 g/mol. The molecule has 0 aliphatic heterocycles. The summed E-state index contributed by atoms with van der Waals surface area (Å²) in [5.74, 6) is -3.17. The Hall–Kier alpha value is -3.16. The first kappa shape index (κ1) is 16.2. The average Bonchev–Trinajstić information content (AvgIpc) is 2.73. The van der Waals surface area contributed by atoms with Crippen LogP contribution in [0.4, 0.5) is 5.69 Å². The highest BCUT2D eigenvalue weighted by molar-refractivity contribution is 6.16. The molecule has 0 radical (unpaired) electrons. The summed E-state index contributed by atoms with van der Waals surface area (Å²) in [4.78, 5) is 46.8. The van der Waals surface area contributed by atoms with Crippen LogP contribution >= 0.6 is 0 Å². The third-order valence-corrected chi connectivity index (χ3v) is 3.26. The van der Waals surface area contributed by atoms with Gasteiger partial charge < -0.3 is 9.52 Å². The first-order chi connectivity index (χ1) is 10.7. The van der Waals surface area contributed by atoms with Crippen LogP contribution in [-0.2, 0) is 21.4 Å². The molecule has 120 valence electrons. The molecule has 0 fully saturated rings. The van der Waals surface area contributed by atoms with Gasteiger partial charge in [-0.15, -0.1) is 0 Å². The van der Waals surface area contributed by atoms with Crippen molar-refractivity contribution >= 4 is 34.4 Å². The van der Waals surface area contributed by atoms with E-state index < -0.39 is 29.0 Å². The lowest BCUT2D eigenvalue weighted by molar-refractivity contribution is -0.134. The molecule has 0 aliphatic carbocycles. The van der Waals surface area contributed by atoms with Crippen LogP contribution in [0.3, 0.4) is 0 Å². The molecule has 8 nitrogen and oxygen atoms in total. The zero-order valence-electron chi connectivity index (χ0n) is 12.7. The molecule has 0 spiro atoms. The van der Waals surface area contributed by atoms with Gasteiger partial charge in [-0.25, -0.2) is 9.59 Å². The number of amides is 1. The van der Waals surface area contributed by atoms with Gasteiger partial charge in [0.15, 0.2) is 11.4 Å². The summed E-state index contributed by atoms with van der Waals surface area (Å²) in [6, 6.07) is 4.51. The van der Waals surface area contributed by atoms with E-state index in [2.05, 4.69) is 0 Å². The summed E-state index contributed by atoms with van der Waals surface area (Å²) in [7, 11) is 1.54. The van der Waals surface area contributed by atoms with Crippen molar-refractivity contribution < 1.29 is 23.9 Å². The topological polar surface area (TPSA) is 110 Å². The quantitative estimate of drug-likeness (QED) is 0.512. The van der Waals surface area contributed by atoms with Gasteiger partial charge in [-0.2, -0.15) is 0 Å². The Labute approximate surface area is 130 Å². The summed E-state index contributed by atoms with van der Waals surface area (Å²) in [6.07, 6.45) is 0.954. The smallest absolute Gasteiger partial charge is 0.419 e. The van der Waals surface area contributed by atoms with Gasteiger partial charge in [0.05, 0.1) is 11.2 Å². The highest BCUT2D eigenvalue weighted by Gasteiger charge is 2.19. The molecular weight excluding hydrogens is 304 g/mol. The number of benzene rings is 1. The first-order valence-corrected chi connectivity index (χ1v) is 6.57. The van der Waals surface area contributed by atoms with Crippen LogP contribution < -0.4 is 10.7 Å². The van der Waals surface area contributed by atoms with Crippen molar-refractivity contribution in [2.24, 2.45) is 7.05 Å². The van der Waals surface area contributed by atoms with E-state index in [1.165, 1.54) is 30.7 Å². The lowest BCUT2D eigenvalue weighted by atomic mass is 10.2. The van der Waals surface area contributed by atoms with Crippen molar-refractivity contribution in [3.8, 4) is 0 Å². The molecule has 1 aromatic carbocycles. The highest BCUT2D eigenvalue weighted by atomic mass is 16.4. The Bertz CT molecular complexity index is 886. The van der Waals surface area contributed by atoms with Crippen molar-refractivity contribution in [1.82, 2.24) is 4.57 Å². The number of anilines is 1. The van der Waals surface area contributed by atoms with Crippen molar-refractivity contribution in [2.45, 2.75) is 13.8 Å². The van der Waals surface area contributed by atoms with E-state index in [1.807, 2.05) is 0 Å². The van der Waals surface area contributed by atoms with Crippen molar-refractivity contribution in [2.75, 3.05) is 4.90 Å². The van der Waals surface area contributed by atoms with Crippen molar-refractivity contribution in [1.29, 1.82) is 0 Å². The van der Waals surface area contributed by atoms with Crippen LogP contribution in [0.2, 0.25) is 0 Å². The molecule has 0 saturated carbocycles. The van der Waals surface area contributed by atoms with Crippen LogP contribution in [-0.4, -0.2) is 27.3 Å². The van der Waals surface area contributed by atoms with E-state index in [9.17, 15) is 19.2 Å². The van der Waals surface area contributed by atoms with E-state index in [0.717, 1.165) is 18.0 Å². The fourth-order valence-corrected chi connectivity index (χ4v) is 2.05. The summed E-state index contributed by atoms with van der Waals surface area (Å²) in [5, 5.41) is 9.04. The molecule has 1 amide bonds. The van der Waals surface area contributed by atoms with Gasteiger partial charge in [0.25, 0.3) is 0 Å². The molecule has 8 heteroatoms. The van der Waals surface area contributed by atoms with Crippen LogP contribution in [0.1, 0.15) is 13.8 Å². The van der Waals surface area contributed by atoms with Gasteiger partial charge in [0, 0.05) is 26.2 Å². The number of hydrogen-bond donors (Lipinski definition) is 1. The van der Waals surface area contributed by atoms with Crippen LogP contribution in [0.15, 0.2) is 39.2 Å². The number of carbonyl (C=O) groups is 3. The number of carboxylic acid groups (broad SMARTS) is 1. The lowest BCUT2D eigenvalue weighted by Crippen LogP contribution is -2.25. The Kier molecular flexibility index (Phi) is 4.17. The van der Waals surface area contributed by atoms with E-state index in [0.29, 0.717) is 5.52 Å². The maximum Gasteiger partial charge on any atom is 0.419 e. The summed E-state index contributed by atoms with van der Waals surface area (Å²) in [6.45, 7) is 2.32. The minimum Gasteiger partial charge on any atom is -0.478 e. The highest BCUT2D eigenvalue weighted by Crippen LogP contribution is 2.22. The third kappa shape index (κ3) is 3.05. The van der Waals surface area contributed by atoms with Crippen LogP contribution in [0, 0.1) is 0 Å². The number of ketones is 1. The Balaban J connectivity index is 2.60. The second kappa shape index (κ2) is 5.91. The molecule has 1 aromatic heterocycles. The van der Waals surface area contributed by atoms with Gasteiger partial charge in [-0.05, 0) is 19.1 Å². The fourth-order valence-electron chi connectivity index (χ4n) is 2.05. The summed E-state index contributed by atoms with van der Waals surface area (Å²) < 4.78 is 6.33. The molecule has 0 bridgehead atoms. The molecular formula is C15H14N2O6. The van der Waals surface area contributed by atoms with E-state index in [-0.39, 0.29) is 11.3 Å². The zero-order chi connectivity index (χ0) is 17.3. The number of aromatic nitrogens is 1. The predicted octanol–water partition coefficient (Wildman–Crippen LogP) is 1.04. The largest absolute Gasteiger partial charge is 0.478 e. The number of hydrogen-bond acceptors (Lipinski definition) is 5. The molecule has 0 atom stereocenters.